The van der Waals surface area contributed by atoms with Gasteiger partial charge >= 0.3 is 0 Å². The molecule has 3 nitrogen and oxygen atoms in total. The number of ether oxygens (including phenoxy) is 2. The van der Waals surface area contributed by atoms with Gasteiger partial charge in [-0.05, 0) is 64.2 Å². The Labute approximate surface area is 281 Å². The van der Waals surface area contributed by atoms with E-state index in [2.05, 4.69) is 38.2 Å². The van der Waals surface area contributed by atoms with E-state index >= 15 is 0 Å². The first-order valence-electron chi connectivity index (χ1n) is 19.0. The molecule has 0 saturated heterocycles. The molecule has 0 aromatic carbocycles. The van der Waals surface area contributed by atoms with E-state index in [1.165, 1.54) is 167 Å². The molecule has 0 amide bonds. The average molecular weight is 673 g/mol. The Morgan fingerprint density at radius 3 is 1.14 bits per heavy atom. The number of hydrogen-bond acceptors (Lipinski definition) is 3. The lowest BCUT2D eigenvalue weighted by Gasteiger charge is -2.16. The fourth-order valence-corrected chi connectivity index (χ4v) is 5.45. The summed E-state index contributed by atoms with van der Waals surface area (Å²) in [4.78, 5) is 0. The van der Waals surface area contributed by atoms with Crippen LogP contribution in [0.3, 0.4) is 0 Å². The van der Waals surface area contributed by atoms with Crippen molar-refractivity contribution in [2.75, 3.05) is 26.4 Å². The van der Waals surface area contributed by atoms with Crippen LogP contribution >= 0.6 is 17.0 Å². The van der Waals surface area contributed by atoms with Crippen molar-refractivity contribution in [3.63, 3.8) is 0 Å². The quantitative estimate of drug-likeness (QED) is 0.0532. The number of nitrogens with two attached hydrogens (primary N) is 1. The van der Waals surface area contributed by atoms with E-state index in [9.17, 15) is 0 Å². The third-order valence-corrected chi connectivity index (χ3v) is 8.38. The molecule has 43 heavy (non-hydrogen) atoms. The molecule has 2 N–H and O–H groups in total. The third-order valence-electron chi connectivity index (χ3n) is 8.38. The van der Waals surface area contributed by atoms with Gasteiger partial charge in [0.1, 0.15) is 0 Å². The number of unbranched alkanes of at least 4 members (excludes halogenated alkanes) is 24. The van der Waals surface area contributed by atoms with Gasteiger partial charge in [0.2, 0.25) is 0 Å². The van der Waals surface area contributed by atoms with E-state index in [1.807, 2.05) is 0 Å². The SMILES string of the molecule is Br.CCCCCCCC/C=C\CCCCCCCCOCC(CN)OCCCCCCCC/C=C\CCCCCCCC. The smallest absolute Gasteiger partial charge is 0.0930 e. The van der Waals surface area contributed by atoms with Gasteiger partial charge in [0.25, 0.3) is 0 Å². The first-order valence-corrected chi connectivity index (χ1v) is 19.0. The Hall–Kier alpha value is -0.160. The predicted octanol–water partition coefficient (Wildman–Crippen LogP) is 13.0. The van der Waals surface area contributed by atoms with E-state index in [1.54, 1.807) is 0 Å². The molecule has 0 radical (unpaired) electrons. The first-order chi connectivity index (χ1) is 20.8. The molecule has 0 aromatic rings. The summed E-state index contributed by atoms with van der Waals surface area (Å²) >= 11 is 0. The number of allylic oxidation sites excluding steroid dienone is 4. The van der Waals surface area contributed by atoms with E-state index in [0.717, 1.165) is 26.1 Å². The van der Waals surface area contributed by atoms with Crippen LogP contribution in [0.5, 0.6) is 0 Å². The highest BCUT2D eigenvalue weighted by Gasteiger charge is 2.06. The molecule has 1 atom stereocenters. The van der Waals surface area contributed by atoms with Crippen molar-refractivity contribution >= 4 is 17.0 Å². The van der Waals surface area contributed by atoms with Crippen molar-refractivity contribution in [3.05, 3.63) is 24.3 Å². The van der Waals surface area contributed by atoms with Gasteiger partial charge in [0.15, 0.2) is 0 Å². The van der Waals surface area contributed by atoms with Gasteiger partial charge in [-0.15, -0.1) is 17.0 Å². The number of hydrogen-bond donors (Lipinski definition) is 1. The summed E-state index contributed by atoms with van der Waals surface area (Å²) in [6.45, 7) is 7.44. The highest BCUT2D eigenvalue weighted by molar-refractivity contribution is 8.93. The summed E-state index contributed by atoms with van der Waals surface area (Å²) in [6.07, 6.45) is 47.1. The molecule has 0 rings (SSSR count). The zero-order valence-electron chi connectivity index (χ0n) is 29.3. The molecule has 0 fully saturated rings. The van der Waals surface area contributed by atoms with Gasteiger partial charge in [-0.3, -0.25) is 0 Å². The summed E-state index contributed by atoms with van der Waals surface area (Å²) in [5.41, 5.74) is 5.91. The number of rotatable bonds is 36. The maximum absolute atomic E-state index is 5.98. The van der Waals surface area contributed by atoms with Crippen LogP contribution in [0.2, 0.25) is 0 Å². The van der Waals surface area contributed by atoms with E-state index < -0.39 is 0 Å². The van der Waals surface area contributed by atoms with Crippen LogP contribution in [0.15, 0.2) is 24.3 Å². The van der Waals surface area contributed by atoms with Crippen LogP contribution in [-0.2, 0) is 9.47 Å². The second-order valence-corrected chi connectivity index (χ2v) is 12.7. The molecule has 0 spiro atoms. The summed E-state index contributed by atoms with van der Waals surface area (Å²) in [7, 11) is 0. The molecule has 0 aliphatic carbocycles. The van der Waals surface area contributed by atoms with Gasteiger partial charge in [-0.1, -0.05) is 154 Å². The summed E-state index contributed by atoms with van der Waals surface area (Å²) in [6, 6.07) is 0. The van der Waals surface area contributed by atoms with E-state index in [-0.39, 0.29) is 23.1 Å². The second kappa shape index (κ2) is 41.8. The van der Waals surface area contributed by atoms with Crippen LogP contribution < -0.4 is 5.73 Å². The van der Waals surface area contributed by atoms with Gasteiger partial charge in [0, 0.05) is 19.8 Å². The van der Waals surface area contributed by atoms with Crippen LogP contribution in [0.25, 0.3) is 0 Å². The van der Waals surface area contributed by atoms with Crippen molar-refractivity contribution in [1.82, 2.24) is 0 Å². The lowest BCUT2D eigenvalue weighted by atomic mass is 10.1. The van der Waals surface area contributed by atoms with Crippen molar-refractivity contribution in [3.8, 4) is 0 Å². The standard InChI is InChI=1S/C39H77NO2.BrH/c1-3-5-7-9-11-13-15-17-19-21-23-25-27-29-31-33-35-41-38-39(37-40)42-36-34-32-30-28-26-24-22-20-18-16-14-12-10-8-6-4-2;/h17-20,39H,3-16,21-38,40H2,1-2H3;1H/b19-17-,20-18-;. The summed E-state index contributed by atoms with van der Waals surface area (Å²) in [5, 5.41) is 0. The highest BCUT2D eigenvalue weighted by atomic mass is 79.9. The number of halogens is 1. The first kappa shape index (κ1) is 45.0. The molecule has 0 saturated carbocycles. The fourth-order valence-electron chi connectivity index (χ4n) is 5.45. The maximum atomic E-state index is 5.98. The Bertz CT molecular complexity index is 539. The Balaban J connectivity index is 0. The molecule has 0 bridgehead atoms. The van der Waals surface area contributed by atoms with Crippen molar-refractivity contribution in [1.29, 1.82) is 0 Å². The van der Waals surface area contributed by atoms with E-state index in [0.29, 0.717) is 13.2 Å². The second-order valence-electron chi connectivity index (χ2n) is 12.7. The van der Waals surface area contributed by atoms with Crippen molar-refractivity contribution < 1.29 is 9.47 Å². The zero-order chi connectivity index (χ0) is 30.4. The van der Waals surface area contributed by atoms with Crippen LogP contribution in [0, 0.1) is 0 Å². The minimum absolute atomic E-state index is 0. The molecule has 1 unspecified atom stereocenters. The maximum Gasteiger partial charge on any atom is 0.0930 e. The fraction of sp³-hybridized carbons (Fsp3) is 0.897. The topological polar surface area (TPSA) is 44.5 Å². The lowest BCUT2D eigenvalue weighted by Crippen LogP contribution is -2.29. The average Bonchev–Trinajstić information content (AvgIpc) is 3.00. The lowest BCUT2D eigenvalue weighted by molar-refractivity contribution is -0.0136. The molecular weight excluding hydrogens is 594 g/mol. The van der Waals surface area contributed by atoms with Crippen LogP contribution in [0.1, 0.15) is 194 Å². The molecule has 4 heteroatoms. The predicted molar refractivity (Wildman–Crippen MR) is 199 cm³/mol. The minimum atomic E-state index is 0. The molecule has 0 aliphatic rings. The van der Waals surface area contributed by atoms with Gasteiger partial charge < -0.3 is 15.2 Å². The zero-order valence-corrected chi connectivity index (χ0v) is 31.0. The molecule has 0 heterocycles. The van der Waals surface area contributed by atoms with Crippen LogP contribution in [0.4, 0.5) is 0 Å². The van der Waals surface area contributed by atoms with Gasteiger partial charge in [0.05, 0.1) is 12.7 Å². The van der Waals surface area contributed by atoms with E-state index in [4.69, 9.17) is 15.2 Å². The van der Waals surface area contributed by atoms with Gasteiger partial charge in [-0.2, -0.15) is 0 Å². The molecule has 0 aromatic heterocycles. The highest BCUT2D eigenvalue weighted by Crippen LogP contribution is 2.12. The Morgan fingerprint density at radius 2 is 0.767 bits per heavy atom. The third kappa shape index (κ3) is 39.8. The Kier molecular flexibility index (Phi) is 43.8. The van der Waals surface area contributed by atoms with Gasteiger partial charge in [-0.25, -0.2) is 0 Å². The monoisotopic (exact) mass is 672 g/mol. The molecular formula is C39H78BrNO2. The summed E-state index contributed by atoms with van der Waals surface area (Å²) in [5.74, 6) is 0. The largest absolute Gasteiger partial charge is 0.379 e. The molecule has 258 valence electrons. The Morgan fingerprint density at radius 1 is 0.442 bits per heavy atom. The minimum Gasteiger partial charge on any atom is -0.379 e. The summed E-state index contributed by atoms with van der Waals surface area (Å²) < 4.78 is 11.8. The molecule has 0 aliphatic heterocycles. The normalized spacial score (nSPS) is 12.4. The van der Waals surface area contributed by atoms with Crippen molar-refractivity contribution in [2.45, 2.75) is 200 Å². The van der Waals surface area contributed by atoms with Crippen molar-refractivity contribution in [2.24, 2.45) is 5.73 Å². The van der Waals surface area contributed by atoms with Crippen LogP contribution in [-0.4, -0.2) is 32.5 Å².